The molecule has 2 aliphatic carbocycles. The van der Waals surface area contributed by atoms with Crippen molar-refractivity contribution < 1.29 is 9.47 Å². The van der Waals surface area contributed by atoms with Crippen LogP contribution in [0.15, 0.2) is 78.9 Å². The molecular formula is C32H37ClO2. The van der Waals surface area contributed by atoms with Crippen LogP contribution in [0, 0.1) is 17.8 Å². The second-order valence-corrected chi connectivity index (χ2v) is 10.7. The number of rotatable bonds is 9. The highest BCUT2D eigenvalue weighted by Gasteiger charge is 2.32. The van der Waals surface area contributed by atoms with Gasteiger partial charge in [-0.3, -0.25) is 0 Å². The summed E-state index contributed by atoms with van der Waals surface area (Å²) in [5.74, 6) is 3.52. The van der Waals surface area contributed by atoms with Gasteiger partial charge < -0.3 is 9.47 Å². The Labute approximate surface area is 215 Å². The van der Waals surface area contributed by atoms with Crippen LogP contribution in [0.2, 0.25) is 0 Å². The minimum Gasteiger partial charge on any atom is -0.490 e. The number of halogens is 1. The number of hydrogen-bond acceptors (Lipinski definition) is 2. The Morgan fingerprint density at radius 1 is 0.686 bits per heavy atom. The van der Waals surface area contributed by atoms with Crippen molar-refractivity contribution in [1.82, 2.24) is 0 Å². The molecule has 0 aromatic heterocycles. The number of fused-ring (bicyclic) bond motifs is 1. The monoisotopic (exact) mass is 488 g/mol. The number of hydrogen-bond donors (Lipinski definition) is 0. The van der Waals surface area contributed by atoms with Crippen LogP contribution in [0.5, 0.6) is 5.75 Å². The average Bonchev–Trinajstić information content (AvgIpc) is 2.92. The molecule has 0 N–H and O–H groups in total. The summed E-state index contributed by atoms with van der Waals surface area (Å²) in [5.41, 5.74) is 4.25. The van der Waals surface area contributed by atoms with E-state index in [0.717, 1.165) is 46.3 Å². The van der Waals surface area contributed by atoms with Gasteiger partial charge in [-0.25, -0.2) is 0 Å². The molecule has 5 rings (SSSR count). The van der Waals surface area contributed by atoms with E-state index >= 15 is 0 Å². The van der Waals surface area contributed by atoms with Gasteiger partial charge in [0.05, 0.1) is 6.61 Å². The Kier molecular flexibility index (Phi) is 8.44. The first-order valence-electron chi connectivity index (χ1n) is 13.4. The van der Waals surface area contributed by atoms with E-state index in [4.69, 9.17) is 21.1 Å². The van der Waals surface area contributed by atoms with Gasteiger partial charge in [0.15, 0.2) is 0 Å². The highest BCUT2D eigenvalue weighted by Crippen LogP contribution is 2.44. The van der Waals surface area contributed by atoms with Crippen LogP contribution in [0.25, 0.3) is 22.3 Å². The van der Waals surface area contributed by atoms with Crippen LogP contribution in [-0.4, -0.2) is 18.8 Å². The SMILES string of the molecule is ClC(CC1CCC2CCCCC2C1)OCCOc1c(-c2ccccc2)cccc1-c1ccccc1. The summed E-state index contributed by atoms with van der Waals surface area (Å²) in [7, 11) is 0. The zero-order chi connectivity index (χ0) is 23.9. The fraction of sp³-hybridized carbons (Fsp3) is 0.438. The number of benzene rings is 3. The lowest BCUT2D eigenvalue weighted by Crippen LogP contribution is -2.29. The van der Waals surface area contributed by atoms with Crippen LogP contribution in [-0.2, 0) is 4.74 Å². The van der Waals surface area contributed by atoms with Crippen LogP contribution in [0.4, 0.5) is 0 Å². The molecule has 0 amide bonds. The maximum atomic E-state index is 6.65. The van der Waals surface area contributed by atoms with Crippen LogP contribution in [0.1, 0.15) is 51.4 Å². The first kappa shape index (κ1) is 24.4. The zero-order valence-corrected chi connectivity index (χ0v) is 21.3. The van der Waals surface area contributed by atoms with Crippen molar-refractivity contribution in [2.24, 2.45) is 17.8 Å². The molecule has 3 aromatic rings. The third kappa shape index (κ3) is 6.29. The van der Waals surface area contributed by atoms with Crippen LogP contribution in [0.3, 0.4) is 0 Å². The molecule has 0 bridgehead atoms. The van der Waals surface area contributed by atoms with Gasteiger partial charge in [0.2, 0.25) is 0 Å². The summed E-state index contributed by atoms with van der Waals surface area (Å²) in [6.07, 6.45) is 10.7. The predicted octanol–water partition coefficient (Wildman–Crippen LogP) is 8.98. The van der Waals surface area contributed by atoms with Gasteiger partial charge in [0.1, 0.15) is 17.9 Å². The molecule has 4 atom stereocenters. The molecule has 2 aliphatic rings. The Bertz CT molecular complexity index is 994. The largest absolute Gasteiger partial charge is 0.490 e. The van der Waals surface area contributed by atoms with Gasteiger partial charge in [-0.15, -0.1) is 0 Å². The first-order chi connectivity index (χ1) is 17.3. The lowest BCUT2D eigenvalue weighted by atomic mass is 9.67. The van der Waals surface area contributed by atoms with Gasteiger partial charge in [0, 0.05) is 11.1 Å². The van der Waals surface area contributed by atoms with E-state index in [0.29, 0.717) is 19.1 Å². The molecule has 0 radical (unpaired) electrons. The summed E-state index contributed by atoms with van der Waals surface area (Å²) in [4.78, 5) is 0. The number of para-hydroxylation sites is 1. The Morgan fingerprint density at radius 2 is 1.31 bits per heavy atom. The normalized spacial score (nSPS) is 22.8. The molecule has 0 heterocycles. The van der Waals surface area contributed by atoms with E-state index in [-0.39, 0.29) is 5.56 Å². The molecule has 2 nitrogen and oxygen atoms in total. The minimum absolute atomic E-state index is 0.235. The summed E-state index contributed by atoms with van der Waals surface area (Å²) in [6.45, 7) is 0.965. The molecule has 3 aromatic carbocycles. The molecule has 4 unspecified atom stereocenters. The van der Waals surface area contributed by atoms with Gasteiger partial charge in [-0.05, 0) is 48.1 Å². The molecule has 35 heavy (non-hydrogen) atoms. The third-order valence-electron chi connectivity index (χ3n) is 7.98. The van der Waals surface area contributed by atoms with E-state index in [1.165, 1.54) is 44.9 Å². The van der Waals surface area contributed by atoms with E-state index in [1.807, 2.05) is 12.1 Å². The highest BCUT2D eigenvalue weighted by atomic mass is 35.5. The van der Waals surface area contributed by atoms with Crippen molar-refractivity contribution in [3.8, 4) is 28.0 Å². The third-order valence-corrected chi connectivity index (χ3v) is 8.28. The van der Waals surface area contributed by atoms with Crippen molar-refractivity contribution in [1.29, 1.82) is 0 Å². The molecule has 2 saturated carbocycles. The summed E-state index contributed by atoms with van der Waals surface area (Å²) < 4.78 is 12.4. The standard InChI is InChI=1S/C32H37ClO2/c33-31(23-24-18-19-25-10-7-8-15-28(25)22-24)34-20-21-35-32-29(26-11-3-1-4-12-26)16-9-17-30(32)27-13-5-2-6-14-27/h1-6,9,11-14,16-17,24-25,28,31H,7-8,10,15,18-23H2. The van der Waals surface area contributed by atoms with Crippen molar-refractivity contribution >= 4 is 11.6 Å². The summed E-state index contributed by atoms with van der Waals surface area (Å²) in [5, 5.41) is 0. The van der Waals surface area contributed by atoms with Crippen molar-refractivity contribution in [3.63, 3.8) is 0 Å². The zero-order valence-electron chi connectivity index (χ0n) is 20.6. The van der Waals surface area contributed by atoms with Gasteiger partial charge >= 0.3 is 0 Å². The second kappa shape index (κ2) is 12.1. The van der Waals surface area contributed by atoms with E-state index in [9.17, 15) is 0 Å². The fourth-order valence-electron chi connectivity index (χ4n) is 6.22. The Hall–Kier alpha value is -2.29. The number of ether oxygens (including phenoxy) is 2. The molecule has 0 spiro atoms. The van der Waals surface area contributed by atoms with E-state index < -0.39 is 0 Å². The topological polar surface area (TPSA) is 18.5 Å². The molecular weight excluding hydrogens is 452 g/mol. The molecule has 0 saturated heterocycles. The lowest BCUT2D eigenvalue weighted by Gasteiger charge is -2.39. The van der Waals surface area contributed by atoms with Gasteiger partial charge in [0.25, 0.3) is 0 Å². The quantitative estimate of drug-likeness (QED) is 0.221. The van der Waals surface area contributed by atoms with E-state index in [1.54, 1.807) is 0 Å². The van der Waals surface area contributed by atoms with Crippen LogP contribution < -0.4 is 4.74 Å². The fourth-order valence-corrected chi connectivity index (χ4v) is 6.56. The van der Waals surface area contributed by atoms with Gasteiger partial charge in [-0.2, -0.15) is 0 Å². The minimum atomic E-state index is -0.235. The number of alkyl halides is 1. The Balaban J connectivity index is 1.20. The van der Waals surface area contributed by atoms with Gasteiger partial charge in [-0.1, -0.05) is 123 Å². The van der Waals surface area contributed by atoms with Crippen molar-refractivity contribution in [2.45, 2.75) is 56.9 Å². The maximum absolute atomic E-state index is 6.65. The lowest BCUT2D eigenvalue weighted by molar-refractivity contribution is 0.0483. The second-order valence-electron chi connectivity index (χ2n) is 10.3. The summed E-state index contributed by atoms with van der Waals surface area (Å²) in [6, 6.07) is 27.2. The van der Waals surface area contributed by atoms with Crippen molar-refractivity contribution in [3.05, 3.63) is 78.9 Å². The molecule has 0 aliphatic heterocycles. The summed E-state index contributed by atoms with van der Waals surface area (Å²) >= 11 is 6.65. The Morgan fingerprint density at radius 3 is 1.97 bits per heavy atom. The first-order valence-corrected chi connectivity index (χ1v) is 13.8. The molecule has 2 fully saturated rings. The predicted molar refractivity (Wildman–Crippen MR) is 146 cm³/mol. The molecule has 184 valence electrons. The van der Waals surface area contributed by atoms with Crippen molar-refractivity contribution in [2.75, 3.05) is 13.2 Å². The van der Waals surface area contributed by atoms with Crippen LogP contribution >= 0.6 is 11.6 Å². The maximum Gasteiger partial charge on any atom is 0.135 e. The smallest absolute Gasteiger partial charge is 0.135 e. The molecule has 3 heteroatoms. The highest BCUT2D eigenvalue weighted by molar-refractivity contribution is 6.19. The van der Waals surface area contributed by atoms with E-state index in [2.05, 4.69) is 66.7 Å². The average molecular weight is 489 g/mol.